The van der Waals surface area contributed by atoms with E-state index in [0.29, 0.717) is 12.2 Å². The molecule has 0 aliphatic carbocycles. The third kappa shape index (κ3) is 4.30. The van der Waals surface area contributed by atoms with E-state index < -0.39 is 11.9 Å². The molecule has 0 radical (unpaired) electrons. The minimum Gasteiger partial charge on any atom is -0.373 e. The molecule has 0 unspecified atom stereocenters. The van der Waals surface area contributed by atoms with Crippen LogP contribution in [0.2, 0.25) is 0 Å². The summed E-state index contributed by atoms with van der Waals surface area (Å²) >= 11 is 0. The number of hydrogen-bond acceptors (Lipinski definition) is 5. The number of benzene rings is 2. The number of anilines is 1. The van der Waals surface area contributed by atoms with E-state index in [1.165, 1.54) is 0 Å². The predicted octanol–water partition coefficient (Wildman–Crippen LogP) is 1.80. The van der Waals surface area contributed by atoms with Gasteiger partial charge in [-0.1, -0.05) is 30.3 Å². The summed E-state index contributed by atoms with van der Waals surface area (Å²) in [6.07, 6.45) is 0.531. The molecule has 4 N–H and O–H groups in total. The van der Waals surface area contributed by atoms with Gasteiger partial charge >= 0.3 is 0 Å². The van der Waals surface area contributed by atoms with Crippen molar-refractivity contribution in [2.24, 2.45) is 5.73 Å². The molecule has 0 aliphatic rings. The molecule has 3 rings (SSSR count). The van der Waals surface area contributed by atoms with E-state index in [1.807, 2.05) is 54.6 Å². The van der Waals surface area contributed by atoms with E-state index >= 15 is 0 Å². The normalized spacial score (nSPS) is 11.3. The zero-order chi connectivity index (χ0) is 16.1. The fraction of sp³-hybridized carbons (Fsp3) is 0.125. The number of aromatic nitrogens is 4. The molecule has 124 valence electrons. The molecule has 24 heavy (non-hydrogen) atoms. The highest BCUT2D eigenvalue weighted by Crippen LogP contribution is 2.18. The first-order chi connectivity index (χ1) is 11.2. The highest BCUT2D eigenvalue weighted by Gasteiger charge is 2.15. The maximum absolute atomic E-state index is 11.7. The monoisotopic (exact) mass is 344 g/mol. The minimum absolute atomic E-state index is 0. The van der Waals surface area contributed by atoms with Crippen LogP contribution in [0.15, 0.2) is 54.6 Å². The van der Waals surface area contributed by atoms with E-state index in [0.717, 1.165) is 16.8 Å². The molecule has 1 atom stereocenters. The number of amides is 1. The summed E-state index contributed by atoms with van der Waals surface area (Å²) in [5, 5.41) is 16.9. The molecule has 0 fully saturated rings. The Hall–Kier alpha value is -2.93. The second kappa shape index (κ2) is 8.07. The third-order valence-electron chi connectivity index (χ3n) is 3.46. The molecule has 0 spiro atoms. The summed E-state index contributed by atoms with van der Waals surface area (Å²) < 4.78 is 0. The van der Waals surface area contributed by atoms with Gasteiger partial charge in [0.1, 0.15) is 6.04 Å². The van der Waals surface area contributed by atoms with Crippen LogP contribution in [0.5, 0.6) is 0 Å². The molecule has 0 bridgehead atoms. The largest absolute Gasteiger partial charge is 0.373 e. The van der Waals surface area contributed by atoms with Crippen LogP contribution in [0.3, 0.4) is 0 Å². The number of H-pyrrole nitrogens is 1. The number of halogens is 1. The molecule has 1 aromatic heterocycles. The first kappa shape index (κ1) is 17.4. The van der Waals surface area contributed by atoms with Crippen molar-refractivity contribution < 1.29 is 4.79 Å². The smallest absolute Gasteiger partial charge is 0.240 e. The maximum atomic E-state index is 11.7. The standard InChI is InChI=1S/C16H16N6O.ClH/c17-15(23)14(10-11-4-2-1-3-5-11)18-13-8-6-12(7-9-13)16-19-21-22-20-16;/h1-9,14,18H,10H2,(H2,17,23)(H,19,20,21,22);1H/t14-;/m0./s1. The SMILES string of the molecule is Cl.NC(=O)[C@H](Cc1ccccc1)Nc1ccc(-c2nn[nH]n2)cc1. The van der Waals surface area contributed by atoms with Crippen LogP contribution in [0, 0.1) is 0 Å². The number of rotatable bonds is 6. The van der Waals surface area contributed by atoms with Gasteiger partial charge in [-0.2, -0.15) is 5.21 Å². The average molecular weight is 345 g/mol. The van der Waals surface area contributed by atoms with Crippen LogP contribution in [-0.2, 0) is 11.2 Å². The number of primary amides is 1. The molecule has 0 saturated carbocycles. The first-order valence-corrected chi connectivity index (χ1v) is 7.16. The van der Waals surface area contributed by atoms with Gasteiger partial charge in [0.05, 0.1) is 0 Å². The number of nitrogens with two attached hydrogens (primary N) is 1. The van der Waals surface area contributed by atoms with Gasteiger partial charge in [0.15, 0.2) is 0 Å². The molecular formula is C16H17ClN6O. The Morgan fingerprint density at radius 1 is 1.12 bits per heavy atom. The Kier molecular flexibility index (Phi) is 5.86. The van der Waals surface area contributed by atoms with Crippen molar-refractivity contribution in [1.82, 2.24) is 20.6 Å². The lowest BCUT2D eigenvalue weighted by Gasteiger charge is -2.17. The molecule has 7 nitrogen and oxygen atoms in total. The molecule has 0 aliphatic heterocycles. The zero-order valence-electron chi connectivity index (χ0n) is 12.7. The lowest BCUT2D eigenvalue weighted by Crippen LogP contribution is -2.37. The van der Waals surface area contributed by atoms with Gasteiger partial charge in [-0.25, -0.2) is 0 Å². The van der Waals surface area contributed by atoms with Crippen molar-refractivity contribution >= 4 is 24.0 Å². The number of carbonyl (C=O) groups excluding carboxylic acids is 1. The van der Waals surface area contributed by atoms with Gasteiger partial charge < -0.3 is 11.1 Å². The fourth-order valence-electron chi connectivity index (χ4n) is 2.27. The Bertz CT molecular complexity index is 761. The fourth-order valence-corrected chi connectivity index (χ4v) is 2.27. The lowest BCUT2D eigenvalue weighted by atomic mass is 10.0. The van der Waals surface area contributed by atoms with E-state index in [4.69, 9.17) is 5.73 Å². The summed E-state index contributed by atoms with van der Waals surface area (Å²) in [5.41, 5.74) is 8.19. The van der Waals surface area contributed by atoms with Gasteiger partial charge in [0, 0.05) is 17.7 Å². The molecule has 1 heterocycles. The Morgan fingerprint density at radius 3 is 2.42 bits per heavy atom. The van der Waals surface area contributed by atoms with Crippen molar-refractivity contribution in [2.75, 3.05) is 5.32 Å². The zero-order valence-corrected chi connectivity index (χ0v) is 13.5. The van der Waals surface area contributed by atoms with E-state index in [2.05, 4.69) is 25.9 Å². The van der Waals surface area contributed by atoms with Crippen molar-refractivity contribution in [3.05, 3.63) is 60.2 Å². The topological polar surface area (TPSA) is 110 Å². The van der Waals surface area contributed by atoms with Crippen molar-refractivity contribution in [3.63, 3.8) is 0 Å². The minimum atomic E-state index is -0.478. The number of tetrazole rings is 1. The van der Waals surface area contributed by atoms with Crippen LogP contribution >= 0.6 is 12.4 Å². The number of aromatic amines is 1. The number of hydrogen-bond donors (Lipinski definition) is 3. The van der Waals surface area contributed by atoms with Crippen LogP contribution in [0.25, 0.3) is 11.4 Å². The van der Waals surface area contributed by atoms with Crippen LogP contribution < -0.4 is 11.1 Å². The van der Waals surface area contributed by atoms with E-state index in [-0.39, 0.29) is 12.4 Å². The third-order valence-corrected chi connectivity index (χ3v) is 3.46. The Labute approximate surface area is 145 Å². The molecule has 1 amide bonds. The first-order valence-electron chi connectivity index (χ1n) is 7.16. The molecule has 3 aromatic rings. The van der Waals surface area contributed by atoms with Crippen LogP contribution in [-0.4, -0.2) is 32.6 Å². The number of nitrogens with zero attached hydrogens (tertiary/aromatic N) is 3. The van der Waals surface area contributed by atoms with Gasteiger partial charge in [-0.15, -0.1) is 22.6 Å². The van der Waals surface area contributed by atoms with Gasteiger partial charge in [-0.05, 0) is 35.0 Å². The molecular weight excluding hydrogens is 328 g/mol. The second-order valence-electron chi connectivity index (χ2n) is 5.10. The Morgan fingerprint density at radius 2 is 1.83 bits per heavy atom. The number of nitrogens with one attached hydrogen (secondary N) is 2. The van der Waals surface area contributed by atoms with Crippen molar-refractivity contribution in [2.45, 2.75) is 12.5 Å². The summed E-state index contributed by atoms with van der Waals surface area (Å²) in [7, 11) is 0. The second-order valence-corrected chi connectivity index (χ2v) is 5.10. The van der Waals surface area contributed by atoms with Crippen LogP contribution in [0.4, 0.5) is 5.69 Å². The lowest BCUT2D eigenvalue weighted by molar-refractivity contribution is -0.118. The van der Waals surface area contributed by atoms with Gasteiger partial charge in [0.25, 0.3) is 0 Å². The van der Waals surface area contributed by atoms with Crippen LogP contribution in [0.1, 0.15) is 5.56 Å². The number of carbonyl (C=O) groups is 1. The van der Waals surface area contributed by atoms with Crippen molar-refractivity contribution in [3.8, 4) is 11.4 Å². The van der Waals surface area contributed by atoms with Crippen molar-refractivity contribution in [1.29, 1.82) is 0 Å². The summed E-state index contributed by atoms with van der Waals surface area (Å²) in [6, 6.07) is 16.7. The van der Waals surface area contributed by atoms with Gasteiger partial charge in [0.2, 0.25) is 11.7 Å². The average Bonchev–Trinajstić information content (AvgIpc) is 3.10. The molecule has 0 saturated heterocycles. The van der Waals surface area contributed by atoms with E-state index in [1.54, 1.807) is 0 Å². The highest BCUT2D eigenvalue weighted by molar-refractivity contribution is 5.85. The van der Waals surface area contributed by atoms with Gasteiger partial charge in [-0.3, -0.25) is 4.79 Å². The molecule has 2 aromatic carbocycles. The highest BCUT2D eigenvalue weighted by atomic mass is 35.5. The Balaban J connectivity index is 0.00000208. The predicted molar refractivity (Wildman–Crippen MR) is 93.6 cm³/mol. The summed E-state index contributed by atoms with van der Waals surface area (Å²) in [6.45, 7) is 0. The summed E-state index contributed by atoms with van der Waals surface area (Å²) in [4.78, 5) is 11.7. The maximum Gasteiger partial charge on any atom is 0.240 e. The quantitative estimate of drug-likeness (QED) is 0.631. The summed E-state index contributed by atoms with van der Waals surface area (Å²) in [5.74, 6) is 0.128. The van der Waals surface area contributed by atoms with E-state index in [9.17, 15) is 4.79 Å². The molecule has 8 heteroatoms.